The van der Waals surface area contributed by atoms with Crippen LogP contribution in [0.5, 0.6) is 0 Å². The van der Waals surface area contributed by atoms with Crippen molar-refractivity contribution in [2.45, 2.75) is 39.5 Å². The molecule has 0 spiro atoms. The van der Waals surface area contributed by atoms with Gasteiger partial charge in [-0.05, 0) is 30.9 Å². The Bertz CT molecular complexity index is 289. The molecular formula is C13H18ClF. The number of hydrogen-bond donors (Lipinski definition) is 0. The maximum atomic E-state index is 13.4. The third kappa shape index (κ3) is 3.83. The lowest BCUT2D eigenvalue weighted by Crippen LogP contribution is -1.99. The maximum absolute atomic E-state index is 13.4. The van der Waals surface area contributed by atoms with Gasteiger partial charge in [0.2, 0.25) is 0 Å². The van der Waals surface area contributed by atoms with E-state index in [0.717, 1.165) is 12.8 Å². The highest BCUT2D eigenvalue weighted by atomic mass is 35.5. The van der Waals surface area contributed by atoms with Crippen LogP contribution in [0.25, 0.3) is 0 Å². The molecule has 0 amide bonds. The molecule has 0 aliphatic heterocycles. The fourth-order valence-corrected chi connectivity index (χ4v) is 2.06. The van der Waals surface area contributed by atoms with Crippen molar-refractivity contribution in [2.75, 3.05) is 0 Å². The van der Waals surface area contributed by atoms with Crippen molar-refractivity contribution in [3.05, 3.63) is 34.6 Å². The van der Waals surface area contributed by atoms with Crippen LogP contribution in [0, 0.1) is 11.7 Å². The lowest BCUT2D eigenvalue weighted by Gasteiger charge is -2.11. The molecule has 1 unspecified atom stereocenters. The van der Waals surface area contributed by atoms with Crippen LogP contribution in [-0.4, -0.2) is 0 Å². The zero-order valence-corrected chi connectivity index (χ0v) is 10.1. The molecule has 84 valence electrons. The minimum absolute atomic E-state index is 0.175. The van der Waals surface area contributed by atoms with Gasteiger partial charge in [-0.2, -0.15) is 0 Å². The van der Waals surface area contributed by atoms with E-state index < -0.39 is 0 Å². The summed E-state index contributed by atoms with van der Waals surface area (Å²) in [4.78, 5) is 0. The first-order chi connectivity index (χ1) is 7.15. The topological polar surface area (TPSA) is 0 Å². The second kappa shape index (κ2) is 6.12. The van der Waals surface area contributed by atoms with Crippen molar-refractivity contribution < 1.29 is 4.39 Å². The minimum atomic E-state index is -0.175. The summed E-state index contributed by atoms with van der Waals surface area (Å²) in [7, 11) is 0. The van der Waals surface area contributed by atoms with Crippen molar-refractivity contribution in [3.63, 3.8) is 0 Å². The lowest BCUT2D eigenvalue weighted by atomic mass is 9.97. The van der Waals surface area contributed by atoms with Crippen molar-refractivity contribution in [1.29, 1.82) is 0 Å². The lowest BCUT2D eigenvalue weighted by molar-refractivity contribution is 0.480. The highest BCUT2D eigenvalue weighted by molar-refractivity contribution is 6.31. The molecule has 0 nitrogen and oxygen atoms in total. The van der Waals surface area contributed by atoms with E-state index in [0.29, 0.717) is 16.5 Å². The van der Waals surface area contributed by atoms with E-state index in [1.807, 2.05) is 0 Å². The van der Waals surface area contributed by atoms with E-state index in [9.17, 15) is 4.39 Å². The molecule has 15 heavy (non-hydrogen) atoms. The monoisotopic (exact) mass is 228 g/mol. The highest BCUT2D eigenvalue weighted by Crippen LogP contribution is 2.23. The molecule has 0 radical (unpaired) electrons. The van der Waals surface area contributed by atoms with Crippen LogP contribution >= 0.6 is 11.6 Å². The summed E-state index contributed by atoms with van der Waals surface area (Å²) in [5.41, 5.74) is 0.669. The quantitative estimate of drug-likeness (QED) is 0.676. The average molecular weight is 229 g/mol. The van der Waals surface area contributed by atoms with E-state index in [2.05, 4.69) is 13.8 Å². The summed E-state index contributed by atoms with van der Waals surface area (Å²) in [6.45, 7) is 4.38. The first-order valence-corrected chi connectivity index (χ1v) is 5.95. The van der Waals surface area contributed by atoms with E-state index in [4.69, 9.17) is 11.6 Å². The van der Waals surface area contributed by atoms with Gasteiger partial charge < -0.3 is 0 Å². The summed E-state index contributed by atoms with van der Waals surface area (Å²) in [5.74, 6) is 0.469. The largest absolute Gasteiger partial charge is 0.207 e. The van der Waals surface area contributed by atoms with Crippen molar-refractivity contribution >= 4 is 11.6 Å². The molecule has 2 heteroatoms. The number of benzene rings is 1. The molecule has 0 aliphatic carbocycles. The fraction of sp³-hybridized carbons (Fsp3) is 0.538. The standard InChI is InChI=1S/C13H18ClF/c1-3-5-10(2)8-9-11-12(14)6-4-7-13(11)15/h4,6-7,10H,3,5,8-9H2,1-2H3. The Hall–Kier alpha value is -0.560. The number of rotatable bonds is 5. The molecule has 0 fully saturated rings. The van der Waals surface area contributed by atoms with Gasteiger partial charge in [-0.3, -0.25) is 0 Å². The third-order valence-electron chi connectivity index (χ3n) is 2.73. The number of hydrogen-bond acceptors (Lipinski definition) is 0. The Morgan fingerprint density at radius 3 is 2.67 bits per heavy atom. The van der Waals surface area contributed by atoms with Gasteiger partial charge in [0, 0.05) is 10.6 Å². The molecule has 0 saturated heterocycles. The predicted octanol–water partition coefficient (Wildman–Crippen LogP) is 4.85. The maximum Gasteiger partial charge on any atom is 0.127 e. The normalized spacial score (nSPS) is 12.8. The molecule has 0 aromatic heterocycles. The third-order valence-corrected chi connectivity index (χ3v) is 3.08. The molecular weight excluding hydrogens is 211 g/mol. The zero-order chi connectivity index (χ0) is 11.3. The van der Waals surface area contributed by atoms with Gasteiger partial charge in [0.1, 0.15) is 5.82 Å². The Kier molecular flexibility index (Phi) is 5.10. The SMILES string of the molecule is CCCC(C)CCc1c(F)cccc1Cl. The smallest absolute Gasteiger partial charge is 0.127 e. The van der Waals surface area contributed by atoms with Crippen molar-refractivity contribution in [1.82, 2.24) is 0 Å². The number of halogens is 2. The van der Waals surface area contributed by atoms with E-state index in [-0.39, 0.29) is 5.82 Å². The summed E-state index contributed by atoms with van der Waals surface area (Å²) in [6, 6.07) is 4.88. The summed E-state index contributed by atoms with van der Waals surface area (Å²) >= 11 is 5.95. The molecule has 1 atom stereocenters. The first-order valence-electron chi connectivity index (χ1n) is 5.58. The second-order valence-electron chi connectivity index (χ2n) is 4.13. The van der Waals surface area contributed by atoms with Crippen LogP contribution in [0.3, 0.4) is 0 Å². The Labute approximate surface area is 96.5 Å². The summed E-state index contributed by atoms with van der Waals surface area (Å²) in [6.07, 6.45) is 4.14. The zero-order valence-electron chi connectivity index (χ0n) is 9.39. The first kappa shape index (κ1) is 12.5. The van der Waals surface area contributed by atoms with Gasteiger partial charge in [-0.1, -0.05) is 44.4 Å². The molecule has 0 bridgehead atoms. The molecule has 1 aromatic rings. The highest BCUT2D eigenvalue weighted by Gasteiger charge is 2.08. The second-order valence-corrected chi connectivity index (χ2v) is 4.54. The van der Waals surface area contributed by atoms with Crippen LogP contribution in [-0.2, 0) is 6.42 Å². The van der Waals surface area contributed by atoms with Crippen LogP contribution in [0.2, 0.25) is 5.02 Å². The summed E-state index contributed by atoms with van der Waals surface area (Å²) < 4.78 is 13.4. The molecule has 0 saturated carbocycles. The molecule has 1 aromatic carbocycles. The van der Waals surface area contributed by atoms with Crippen LogP contribution in [0.4, 0.5) is 4.39 Å². The van der Waals surface area contributed by atoms with Crippen molar-refractivity contribution in [3.8, 4) is 0 Å². The summed E-state index contributed by atoms with van der Waals surface area (Å²) in [5, 5.41) is 0.554. The van der Waals surface area contributed by atoms with Gasteiger partial charge in [0.25, 0.3) is 0 Å². The molecule has 0 aliphatic rings. The van der Waals surface area contributed by atoms with E-state index in [1.54, 1.807) is 12.1 Å². The molecule has 0 heterocycles. The van der Waals surface area contributed by atoms with E-state index in [1.165, 1.54) is 18.9 Å². The van der Waals surface area contributed by atoms with Crippen molar-refractivity contribution in [2.24, 2.45) is 5.92 Å². The van der Waals surface area contributed by atoms with Crippen LogP contribution in [0.15, 0.2) is 18.2 Å². The van der Waals surface area contributed by atoms with Gasteiger partial charge >= 0.3 is 0 Å². The Morgan fingerprint density at radius 1 is 1.33 bits per heavy atom. The Morgan fingerprint density at radius 2 is 2.07 bits per heavy atom. The van der Waals surface area contributed by atoms with Crippen LogP contribution in [0.1, 0.15) is 38.7 Å². The molecule has 1 rings (SSSR count). The Balaban J connectivity index is 2.57. The van der Waals surface area contributed by atoms with E-state index >= 15 is 0 Å². The van der Waals surface area contributed by atoms with Crippen LogP contribution < -0.4 is 0 Å². The van der Waals surface area contributed by atoms with Gasteiger partial charge in [0.15, 0.2) is 0 Å². The predicted molar refractivity (Wildman–Crippen MR) is 63.8 cm³/mol. The fourth-order valence-electron chi connectivity index (χ4n) is 1.80. The average Bonchev–Trinajstić information content (AvgIpc) is 2.17. The molecule has 0 N–H and O–H groups in total. The van der Waals surface area contributed by atoms with Gasteiger partial charge in [-0.15, -0.1) is 0 Å². The van der Waals surface area contributed by atoms with Gasteiger partial charge in [-0.25, -0.2) is 4.39 Å². The minimum Gasteiger partial charge on any atom is -0.207 e. The van der Waals surface area contributed by atoms with Gasteiger partial charge in [0.05, 0.1) is 0 Å².